The first-order valence-electron chi connectivity index (χ1n) is 10.9. The van der Waals surface area contributed by atoms with Crippen LogP contribution < -0.4 is 16.2 Å². The van der Waals surface area contributed by atoms with Crippen LogP contribution in [0.3, 0.4) is 0 Å². The second kappa shape index (κ2) is 7.89. The molecule has 4 bridgehead atoms. The van der Waals surface area contributed by atoms with Gasteiger partial charge in [-0.3, -0.25) is 30.6 Å². The van der Waals surface area contributed by atoms with Crippen LogP contribution in [0.2, 0.25) is 0 Å². The van der Waals surface area contributed by atoms with Gasteiger partial charge in [0.2, 0.25) is 5.91 Å². The molecular weight excluding hydrogens is 384 g/mol. The lowest BCUT2D eigenvalue weighted by atomic mass is 9.49. The highest BCUT2D eigenvalue weighted by molar-refractivity contribution is 5.91. The van der Waals surface area contributed by atoms with Crippen molar-refractivity contribution in [1.29, 1.82) is 0 Å². The number of carbonyl (C=O) groups excluding carboxylic acids is 2. The fourth-order valence-corrected chi connectivity index (χ4v) is 6.16. The van der Waals surface area contributed by atoms with Crippen molar-refractivity contribution < 1.29 is 14.5 Å². The molecule has 1 aromatic carbocycles. The van der Waals surface area contributed by atoms with Gasteiger partial charge in [-0.05, 0) is 68.3 Å². The number of nitrogens with zero attached hydrogens (tertiary/aromatic N) is 1. The monoisotopic (exact) mass is 414 g/mol. The minimum atomic E-state index is -0.708. The first-order valence-corrected chi connectivity index (χ1v) is 10.9. The molecule has 4 aliphatic rings. The van der Waals surface area contributed by atoms with E-state index >= 15 is 0 Å². The van der Waals surface area contributed by atoms with Gasteiger partial charge in [-0.15, -0.1) is 0 Å². The topological polar surface area (TPSA) is 113 Å². The zero-order valence-corrected chi connectivity index (χ0v) is 17.5. The highest BCUT2D eigenvalue weighted by Gasteiger charge is 2.55. The average molecular weight is 415 g/mol. The zero-order valence-electron chi connectivity index (χ0n) is 17.5. The molecule has 4 aliphatic carbocycles. The summed E-state index contributed by atoms with van der Waals surface area (Å²) in [6, 6.07) is 5.39. The second-order valence-electron chi connectivity index (χ2n) is 9.78. The minimum absolute atomic E-state index is 0.00106. The van der Waals surface area contributed by atoms with Crippen molar-refractivity contribution in [1.82, 2.24) is 10.7 Å². The number of nitrogens with one attached hydrogen (secondary N) is 3. The fraction of sp³-hybridized carbons (Fsp3) is 0.636. The average Bonchev–Trinajstić information content (AvgIpc) is 2.68. The Labute approximate surface area is 176 Å². The maximum atomic E-state index is 13.3. The van der Waals surface area contributed by atoms with Crippen LogP contribution in [0.1, 0.15) is 52.4 Å². The first kappa shape index (κ1) is 20.6. The van der Waals surface area contributed by atoms with Crippen molar-refractivity contribution in [2.75, 3.05) is 5.43 Å². The number of anilines is 1. The van der Waals surface area contributed by atoms with E-state index in [1.54, 1.807) is 12.1 Å². The number of carbonyl (C=O) groups is 2. The maximum absolute atomic E-state index is 13.3. The molecule has 0 unspecified atom stereocenters. The molecule has 0 saturated heterocycles. The van der Waals surface area contributed by atoms with Crippen LogP contribution in [0.4, 0.5) is 11.4 Å². The number of nitro benzene ring substituents is 1. The van der Waals surface area contributed by atoms with Gasteiger partial charge in [0.25, 0.3) is 11.6 Å². The zero-order chi connectivity index (χ0) is 21.5. The molecule has 8 heteroatoms. The van der Waals surface area contributed by atoms with E-state index in [-0.39, 0.29) is 28.6 Å². The third-order valence-electron chi connectivity index (χ3n) is 7.18. The second-order valence-corrected chi connectivity index (χ2v) is 9.78. The van der Waals surface area contributed by atoms with Crippen LogP contribution in [0.5, 0.6) is 0 Å². The summed E-state index contributed by atoms with van der Waals surface area (Å²) in [5, 5.41) is 14.2. The van der Waals surface area contributed by atoms with Crippen molar-refractivity contribution >= 4 is 23.2 Å². The van der Waals surface area contributed by atoms with Gasteiger partial charge in [0.1, 0.15) is 11.7 Å². The molecule has 30 heavy (non-hydrogen) atoms. The molecule has 4 saturated carbocycles. The van der Waals surface area contributed by atoms with E-state index in [9.17, 15) is 19.7 Å². The Morgan fingerprint density at radius 3 is 2.17 bits per heavy atom. The Kier molecular flexibility index (Phi) is 5.42. The van der Waals surface area contributed by atoms with Crippen molar-refractivity contribution in [2.24, 2.45) is 29.1 Å². The molecule has 1 atom stereocenters. The fourth-order valence-electron chi connectivity index (χ4n) is 6.16. The van der Waals surface area contributed by atoms with E-state index in [2.05, 4.69) is 16.2 Å². The lowest BCUT2D eigenvalue weighted by Gasteiger charge is -2.55. The van der Waals surface area contributed by atoms with Crippen LogP contribution in [-0.4, -0.2) is 22.8 Å². The molecule has 4 fully saturated rings. The highest BCUT2D eigenvalue weighted by Crippen LogP contribution is 2.60. The van der Waals surface area contributed by atoms with Crippen LogP contribution in [-0.2, 0) is 9.59 Å². The quantitative estimate of drug-likeness (QED) is 0.467. The lowest BCUT2D eigenvalue weighted by Crippen LogP contribution is -2.58. The van der Waals surface area contributed by atoms with Gasteiger partial charge in [0.15, 0.2) is 0 Å². The molecule has 0 radical (unpaired) electrons. The molecule has 162 valence electrons. The molecule has 0 aromatic heterocycles. The van der Waals surface area contributed by atoms with Crippen LogP contribution in [0.25, 0.3) is 0 Å². The molecule has 1 aromatic rings. The van der Waals surface area contributed by atoms with Crippen molar-refractivity contribution in [3.63, 3.8) is 0 Å². The Hall–Kier alpha value is -2.64. The summed E-state index contributed by atoms with van der Waals surface area (Å²) < 4.78 is 0. The van der Waals surface area contributed by atoms with Gasteiger partial charge in [-0.25, -0.2) is 0 Å². The first-order chi connectivity index (χ1) is 14.3. The summed E-state index contributed by atoms with van der Waals surface area (Å²) >= 11 is 0. The molecular formula is C22H30N4O4. The predicted molar refractivity (Wildman–Crippen MR) is 112 cm³/mol. The Balaban J connectivity index is 1.42. The Morgan fingerprint density at radius 1 is 1.07 bits per heavy atom. The van der Waals surface area contributed by atoms with E-state index < -0.39 is 16.9 Å². The van der Waals surface area contributed by atoms with Gasteiger partial charge < -0.3 is 5.32 Å². The lowest BCUT2D eigenvalue weighted by molar-refractivity contribution is -0.384. The van der Waals surface area contributed by atoms with Gasteiger partial charge >= 0.3 is 0 Å². The molecule has 0 spiro atoms. The largest absolute Gasteiger partial charge is 0.344 e. The summed E-state index contributed by atoms with van der Waals surface area (Å²) in [6.07, 6.45) is 6.56. The number of rotatable bonds is 7. The molecule has 0 heterocycles. The summed E-state index contributed by atoms with van der Waals surface area (Å²) in [5.74, 6) is 1.42. The van der Waals surface area contributed by atoms with Crippen molar-refractivity contribution in [3.05, 3.63) is 34.4 Å². The number of hydrogen-bond acceptors (Lipinski definition) is 5. The van der Waals surface area contributed by atoms with Crippen molar-refractivity contribution in [2.45, 2.75) is 58.4 Å². The van der Waals surface area contributed by atoms with E-state index in [4.69, 9.17) is 0 Å². The van der Waals surface area contributed by atoms with Crippen LogP contribution in [0.15, 0.2) is 24.3 Å². The number of hydrogen-bond donors (Lipinski definition) is 3. The third-order valence-corrected chi connectivity index (χ3v) is 7.18. The SMILES string of the molecule is CC(C)[C@@H](NC(=O)C12CC3CC(CC(C3)C1)C2)C(=O)NNc1ccccc1[N+](=O)[O-]. The molecule has 2 amide bonds. The maximum Gasteiger partial charge on any atom is 0.294 e. The van der Waals surface area contributed by atoms with E-state index in [1.807, 2.05) is 13.8 Å². The summed E-state index contributed by atoms with van der Waals surface area (Å²) in [7, 11) is 0. The molecule has 0 aliphatic heterocycles. The summed E-state index contributed by atoms with van der Waals surface area (Å²) in [4.78, 5) is 36.8. The molecule has 5 rings (SSSR count). The Morgan fingerprint density at radius 2 is 1.63 bits per heavy atom. The van der Waals surface area contributed by atoms with Gasteiger partial charge in [0.05, 0.1) is 4.92 Å². The number of amides is 2. The summed E-state index contributed by atoms with van der Waals surface area (Å²) in [6.45, 7) is 3.77. The smallest absolute Gasteiger partial charge is 0.294 e. The van der Waals surface area contributed by atoms with Gasteiger partial charge in [-0.1, -0.05) is 26.0 Å². The number of hydrazine groups is 1. The number of para-hydroxylation sites is 2. The predicted octanol–water partition coefficient (Wildman–Crippen LogP) is 3.40. The number of nitro groups is 1. The number of benzene rings is 1. The van der Waals surface area contributed by atoms with Crippen LogP contribution >= 0.6 is 0 Å². The van der Waals surface area contributed by atoms with Crippen LogP contribution in [0, 0.1) is 39.2 Å². The molecule has 3 N–H and O–H groups in total. The Bertz CT molecular complexity index is 818. The van der Waals surface area contributed by atoms with Gasteiger partial charge in [0, 0.05) is 11.5 Å². The molecule has 8 nitrogen and oxygen atoms in total. The minimum Gasteiger partial charge on any atom is -0.344 e. The van der Waals surface area contributed by atoms with Gasteiger partial charge in [-0.2, -0.15) is 0 Å². The standard InChI is InChI=1S/C22H30N4O4/c1-13(2)19(20(27)25-24-17-5-3-4-6-18(17)26(29)30)23-21(28)22-10-14-7-15(11-22)9-16(8-14)12-22/h3-6,13-16,19,24H,7-12H2,1-2H3,(H,23,28)(H,25,27)/t14?,15?,16?,19-,22?/m1/s1. The normalized spacial score (nSPS) is 30.0. The third kappa shape index (κ3) is 3.87. The summed E-state index contributed by atoms with van der Waals surface area (Å²) in [5.41, 5.74) is 4.94. The highest BCUT2D eigenvalue weighted by atomic mass is 16.6. The van der Waals surface area contributed by atoms with E-state index in [0.29, 0.717) is 17.8 Å². The van der Waals surface area contributed by atoms with E-state index in [1.165, 1.54) is 31.4 Å². The van der Waals surface area contributed by atoms with Crippen molar-refractivity contribution in [3.8, 4) is 0 Å². The van der Waals surface area contributed by atoms with E-state index in [0.717, 1.165) is 19.3 Å².